The van der Waals surface area contributed by atoms with Crippen LogP contribution < -0.4 is 10.1 Å². The van der Waals surface area contributed by atoms with Crippen molar-refractivity contribution in [2.45, 2.75) is 38.0 Å². The molecule has 0 heterocycles. The number of ether oxygens (including phenoxy) is 1. The first-order valence-corrected chi connectivity index (χ1v) is 8.75. The summed E-state index contributed by atoms with van der Waals surface area (Å²) in [6, 6.07) is 12.6. The number of nitriles is 1. The van der Waals surface area contributed by atoms with Gasteiger partial charge in [0.2, 0.25) is 5.91 Å². The minimum atomic E-state index is -0.713. The maximum atomic E-state index is 13.3. The van der Waals surface area contributed by atoms with Crippen molar-refractivity contribution in [3.63, 3.8) is 0 Å². The van der Waals surface area contributed by atoms with E-state index >= 15 is 0 Å². The molecule has 1 fully saturated rings. The van der Waals surface area contributed by atoms with Crippen LogP contribution in [0.2, 0.25) is 0 Å². The Morgan fingerprint density at radius 2 is 1.81 bits per heavy atom. The van der Waals surface area contributed by atoms with E-state index in [9.17, 15) is 19.2 Å². The molecule has 0 radical (unpaired) electrons. The Morgan fingerprint density at radius 3 is 2.41 bits per heavy atom. The molecule has 0 aromatic heterocycles. The third kappa shape index (κ3) is 3.82. The highest BCUT2D eigenvalue weighted by molar-refractivity contribution is 5.99. The molecule has 138 valence electrons. The minimum Gasteiger partial charge on any atom is -0.425 e. The Hall–Kier alpha value is -3.20. The zero-order chi connectivity index (χ0) is 19.4. The van der Waals surface area contributed by atoms with Gasteiger partial charge in [-0.2, -0.15) is 5.26 Å². The lowest BCUT2D eigenvalue weighted by Crippen LogP contribution is -2.38. The first kappa shape index (κ1) is 18.6. The summed E-state index contributed by atoms with van der Waals surface area (Å²) >= 11 is 0. The number of hydrogen-bond acceptors (Lipinski definition) is 4. The summed E-state index contributed by atoms with van der Waals surface area (Å²) in [6.07, 6.45) is 3.20. The van der Waals surface area contributed by atoms with Crippen LogP contribution in [0.4, 0.5) is 10.1 Å². The first-order valence-electron chi connectivity index (χ1n) is 8.75. The van der Waals surface area contributed by atoms with E-state index in [2.05, 4.69) is 5.32 Å². The zero-order valence-electron chi connectivity index (χ0n) is 14.9. The lowest BCUT2D eigenvalue weighted by Gasteiger charge is -2.28. The fourth-order valence-corrected chi connectivity index (χ4v) is 3.58. The van der Waals surface area contributed by atoms with Gasteiger partial charge < -0.3 is 10.1 Å². The van der Waals surface area contributed by atoms with Crippen LogP contribution in [0.3, 0.4) is 0 Å². The number of nitrogens with one attached hydrogen (secondary N) is 1. The molecule has 1 saturated carbocycles. The van der Waals surface area contributed by atoms with E-state index in [1.54, 1.807) is 18.2 Å². The van der Waals surface area contributed by atoms with Gasteiger partial charge in [-0.3, -0.25) is 9.59 Å². The molecular weight excluding hydrogens is 347 g/mol. The van der Waals surface area contributed by atoms with E-state index in [-0.39, 0.29) is 23.0 Å². The maximum absolute atomic E-state index is 13.3. The van der Waals surface area contributed by atoms with Crippen LogP contribution in [0.5, 0.6) is 5.75 Å². The third-order valence-corrected chi connectivity index (χ3v) is 4.90. The maximum Gasteiger partial charge on any atom is 0.308 e. The van der Waals surface area contributed by atoms with E-state index in [4.69, 9.17) is 4.74 Å². The van der Waals surface area contributed by atoms with Crippen molar-refractivity contribution in [1.29, 1.82) is 5.26 Å². The Morgan fingerprint density at radius 1 is 1.15 bits per heavy atom. The van der Waals surface area contributed by atoms with Crippen molar-refractivity contribution in [1.82, 2.24) is 0 Å². The summed E-state index contributed by atoms with van der Waals surface area (Å²) < 4.78 is 18.3. The molecule has 1 amide bonds. The molecule has 1 aliphatic rings. The molecule has 0 atom stereocenters. The van der Waals surface area contributed by atoms with E-state index in [1.165, 1.54) is 31.2 Å². The smallest absolute Gasteiger partial charge is 0.308 e. The van der Waals surface area contributed by atoms with Crippen molar-refractivity contribution in [2.75, 3.05) is 5.32 Å². The van der Waals surface area contributed by atoms with Gasteiger partial charge in [0.1, 0.15) is 17.6 Å². The van der Waals surface area contributed by atoms with Gasteiger partial charge in [0.25, 0.3) is 0 Å². The number of halogens is 1. The molecule has 3 rings (SSSR count). The van der Waals surface area contributed by atoms with Gasteiger partial charge in [-0.25, -0.2) is 4.39 Å². The largest absolute Gasteiger partial charge is 0.425 e. The van der Waals surface area contributed by atoms with Crippen LogP contribution in [0, 0.1) is 17.1 Å². The van der Waals surface area contributed by atoms with Crippen LogP contribution in [0.1, 0.15) is 43.7 Å². The van der Waals surface area contributed by atoms with Gasteiger partial charge in [-0.15, -0.1) is 0 Å². The lowest BCUT2D eigenvalue weighted by atomic mass is 9.78. The van der Waals surface area contributed by atoms with Crippen molar-refractivity contribution in [3.05, 3.63) is 59.4 Å². The molecule has 0 aliphatic heterocycles. The topological polar surface area (TPSA) is 79.2 Å². The number of carbonyl (C=O) groups is 2. The van der Waals surface area contributed by atoms with Crippen molar-refractivity contribution in [2.24, 2.45) is 0 Å². The molecule has 2 aromatic carbocycles. The molecule has 2 aromatic rings. The summed E-state index contributed by atoms with van der Waals surface area (Å²) in [7, 11) is 0. The van der Waals surface area contributed by atoms with Gasteiger partial charge in [0.05, 0.1) is 11.0 Å². The first-order chi connectivity index (χ1) is 12.9. The Bertz CT molecular complexity index is 910. The highest BCUT2D eigenvalue weighted by Crippen LogP contribution is 2.42. The van der Waals surface area contributed by atoms with Crippen molar-refractivity contribution in [3.8, 4) is 11.8 Å². The number of hydrogen-bond donors (Lipinski definition) is 1. The Labute approximate surface area is 156 Å². The summed E-state index contributed by atoms with van der Waals surface area (Å²) in [5.41, 5.74) is 0.678. The van der Waals surface area contributed by atoms with Crippen LogP contribution in [-0.4, -0.2) is 11.9 Å². The van der Waals surface area contributed by atoms with Gasteiger partial charge >= 0.3 is 5.97 Å². The second-order valence-corrected chi connectivity index (χ2v) is 6.67. The van der Waals surface area contributed by atoms with E-state index in [0.29, 0.717) is 18.5 Å². The van der Waals surface area contributed by atoms with Crippen LogP contribution in [0.25, 0.3) is 0 Å². The molecule has 6 heteroatoms. The van der Waals surface area contributed by atoms with Crippen LogP contribution in [0.15, 0.2) is 42.5 Å². The SMILES string of the molecule is CC(=O)Oc1ccc(NC(=O)C2(c3ccc(F)cc3)CCCC2)cc1C#N. The van der Waals surface area contributed by atoms with Crippen molar-refractivity contribution < 1.29 is 18.7 Å². The molecule has 0 unspecified atom stereocenters. The Balaban J connectivity index is 1.87. The summed E-state index contributed by atoms with van der Waals surface area (Å²) in [5, 5.41) is 12.1. The van der Waals surface area contributed by atoms with Gasteiger partial charge in [0.15, 0.2) is 0 Å². The van der Waals surface area contributed by atoms with Gasteiger partial charge in [-0.1, -0.05) is 25.0 Å². The van der Waals surface area contributed by atoms with Gasteiger partial charge in [0, 0.05) is 12.6 Å². The van der Waals surface area contributed by atoms with Crippen LogP contribution in [-0.2, 0) is 15.0 Å². The van der Waals surface area contributed by atoms with Gasteiger partial charge in [-0.05, 0) is 48.7 Å². The van der Waals surface area contributed by atoms with E-state index in [1.807, 2.05) is 6.07 Å². The fraction of sp³-hybridized carbons (Fsp3) is 0.286. The minimum absolute atomic E-state index is 0.150. The Kier molecular flexibility index (Phi) is 5.22. The van der Waals surface area contributed by atoms with Crippen molar-refractivity contribution >= 4 is 17.6 Å². The third-order valence-electron chi connectivity index (χ3n) is 4.90. The summed E-state index contributed by atoms with van der Waals surface area (Å²) in [5.74, 6) is -0.899. The highest BCUT2D eigenvalue weighted by Gasteiger charge is 2.42. The quantitative estimate of drug-likeness (QED) is 0.653. The molecule has 0 bridgehead atoms. The predicted octanol–water partition coefficient (Wildman–Crippen LogP) is 4.07. The molecule has 1 aliphatic carbocycles. The molecular formula is C21H19FN2O3. The van der Waals surface area contributed by atoms with E-state index in [0.717, 1.165) is 18.4 Å². The molecule has 1 N–H and O–H groups in total. The number of carbonyl (C=O) groups excluding carboxylic acids is 2. The van der Waals surface area contributed by atoms with E-state index < -0.39 is 11.4 Å². The van der Waals surface area contributed by atoms with Crippen LogP contribution >= 0.6 is 0 Å². The molecule has 27 heavy (non-hydrogen) atoms. The second-order valence-electron chi connectivity index (χ2n) is 6.67. The standard InChI is InChI=1S/C21H19FN2O3/c1-14(25)27-19-9-8-18(12-15(19)13-23)24-20(26)21(10-2-3-11-21)16-4-6-17(22)7-5-16/h4-9,12H,2-3,10-11H2,1H3,(H,24,26). The number of rotatable bonds is 4. The summed E-state index contributed by atoms with van der Waals surface area (Å²) in [4.78, 5) is 24.2. The fourth-order valence-electron chi connectivity index (χ4n) is 3.58. The zero-order valence-corrected chi connectivity index (χ0v) is 14.9. The molecule has 0 spiro atoms. The second kappa shape index (κ2) is 7.58. The average molecular weight is 366 g/mol. The molecule has 5 nitrogen and oxygen atoms in total. The average Bonchev–Trinajstić information content (AvgIpc) is 3.14. The summed E-state index contributed by atoms with van der Waals surface area (Å²) in [6.45, 7) is 1.25. The number of anilines is 1. The normalized spacial score (nSPS) is 15.0. The predicted molar refractivity (Wildman–Crippen MR) is 97.6 cm³/mol. The number of nitrogens with zero attached hydrogens (tertiary/aromatic N) is 1. The lowest BCUT2D eigenvalue weighted by molar-refractivity contribution is -0.132. The molecule has 0 saturated heterocycles. The monoisotopic (exact) mass is 366 g/mol. The number of amides is 1. The number of benzene rings is 2. The highest BCUT2D eigenvalue weighted by atomic mass is 19.1. The number of esters is 1.